The Bertz CT molecular complexity index is 269. The van der Waals surface area contributed by atoms with Crippen LogP contribution in [0.3, 0.4) is 0 Å². The summed E-state index contributed by atoms with van der Waals surface area (Å²) in [7, 11) is 0. The largest absolute Gasteiger partial charge is 0.481 e. The Labute approximate surface area is 162 Å². The van der Waals surface area contributed by atoms with Crippen molar-refractivity contribution in [2.45, 2.75) is 128 Å². The van der Waals surface area contributed by atoms with E-state index in [1.807, 2.05) is 0 Å². The van der Waals surface area contributed by atoms with E-state index >= 15 is 0 Å². The molecule has 0 aromatic heterocycles. The highest BCUT2D eigenvalue weighted by Crippen LogP contribution is 2.14. The fourth-order valence-electron chi connectivity index (χ4n) is 3.38. The Morgan fingerprint density at radius 3 is 0.960 bits per heavy atom. The molecule has 3 heteroatoms. The zero-order valence-electron chi connectivity index (χ0n) is 16.6. The second kappa shape index (κ2) is 21.8. The van der Waals surface area contributed by atoms with Crippen molar-refractivity contribution in [2.24, 2.45) is 0 Å². The van der Waals surface area contributed by atoms with E-state index in [1.54, 1.807) is 0 Å². The molecule has 0 bridgehead atoms. The highest BCUT2D eigenvalue weighted by Gasteiger charge is 1.97. The Hall–Kier alpha value is -0.240. The lowest BCUT2D eigenvalue weighted by atomic mass is 10.0. The van der Waals surface area contributed by atoms with Crippen LogP contribution in [-0.2, 0) is 4.79 Å². The van der Waals surface area contributed by atoms with Gasteiger partial charge in [-0.15, -0.1) is 11.6 Å². The summed E-state index contributed by atoms with van der Waals surface area (Å²) in [5.74, 6) is 0.173. The zero-order valence-corrected chi connectivity index (χ0v) is 17.3. The van der Waals surface area contributed by atoms with Gasteiger partial charge in [-0.25, -0.2) is 0 Å². The number of carbonyl (C=O) groups is 1. The van der Waals surface area contributed by atoms with E-state index in [0.717, 1.165) is 18.7 Å². The highest BCUT2D eigenvalue weighted by atomic mass is 35.5. The summed E-state index contributed by atoms with van der Waals surface area (Å²) in [5.41, 5.74) is 0. The van der Waals surface area contributed by atoms with Crippen LogP contribution in [0.25, 0.3) is 0 Å². The van der Waals surface area contributed by atoms with E-state index in [1.165, 1.54) is 109 Å². The number of carboxylic acid groups (broad SMARTS) is 1. The molecular weight excluding hydrogens is 332 g/mol. The van der Waals surface area contributed by atoms with E-state index in [4.69, 9.17) is 16.7 Å². The molecule has 0 aromatic rings. The lowest BCUT2D eigenvalue weighted by Crippen LogP contribution is -1.93. The summed E-state index contributed by atoms with van der Waals surface area (Å²) >= 11 is 5.68. The Morgan fingerprint density at radius 1 is 0.480 bits per heavy atom. The molecule has 0 rings (SSSR count). The van der Waals surface area contributed by atoms with Crippen molar-refractivity contribution in [3.05, 3.63) is 0 Å². The molecule has 0 fully saturated rings. The van der Waals surface area contributed by atoms with Crippen LogP contribution in [0.2, 0.25) is 0 Å². The van der Waals surface area contributed by atoms with Crippen LogP contribution in [0, 0.1) is 0 Å². The zero-order chi connectivity index (χ0) is 18.4. The predicted octanol–water partition coefficient (Wildman–Crippen LogP) is 8.11. The monoisotopic (exact) mass is 374 g/mol. The normalized spacial score (nSPS) is 11.1. The van der Waals surface area contributed by atoms with Crippen LogP contribution in [0.4, 0.5) is 0 Å². The molecule has 0 atom stereocenters. The van der Waals surface area contributed by atoms with E-state index in [2.05, 4.69) is 0 Å². The summed E-state index contributed by atoms with van der Waals surface area (Å²) in [6, 6.07) is 0. The number of hydrogen-bond donors (Lipinski definition) is 1. The molecular formula is C22H43ClO2. The van der Waals surface area contributed by atoms with Crippen molar-refractivity contribution < 1.29 is 9.90 Å². The summed E-state index contributed by atoms with van der Waals surface area (Å²) < 4.78 is 0. The molecule has 0 heterocycles. The number of carboxylic acids is 1. The maximum absolute atomic E-state index is 10.4. The van der Waals surface area contributed by atoms with Crippen LogP contribution in [0.5, 0.6) is 0 Å². The SMILES string of the molecule is O=C(O)CCCCCCCCCCCCCCCCCCCCCCl. The van der Waals surface area contributed by atoms with Gasteiger partial charge in [-0.05, 0) is 12.8 Å². The van der Waals surface area contributed by atoms with Crippen LogP contribution in [-0.4, -0.2) is 17.0 Å². The predicted molar refractivity (Wildman–Crippen MR) is 111 cm³/mol. The molecule has 0 saturated heterocycles. The topological polar surface area (TPSA) is 37.3 Å². The van der Waals surface area contributed by atoms with Gasteiger partial charge in [-0.3, -0.25) is 4.79 Å². The van der Waals surface area contributed by atoms with Crippen LogP contribution < -0.4 is 0 Å². The first-order valence-electron chi connectivity index (χ1n) is 11.0. The molecule has 150 valence electrons. The smallest absolute Gasteiger partial charge is 0.303 e. The third kappa shape index (κ3) is 23.8. The standard InChI is InChI=1S/C22H43ClO2/c23-21-19-17-15-13-11-9-7-5-3-1-2-4-6-8-10-12-14-16-18-20-22(24)25/h1-21H2,(H,24,25). The Kier molecular flexibility index (Phi) is 21.6. The molecule has 0 aliphatic carbocycles. The first-order chi connectivity index (χ1) is 12.3. The lowest BCUT2D eigenvalue weighted by molar-refractivity contribution is -0.137. The summed E-state index contributed by atoms with van der Waals surface area (Å²) in [4.78, 5) is 10.4. The van der Waals surface area contributed by atoms with E-state index in [9.17, 15) is 4.79 Å². The molecule has 0 saturated carbocycles. The first-order valence-corrected chi connectivity index (χ1v) is 11.6. The fourth-order valence-corrected chi connectivity index (χ4v) is 3.56. The second-order valence-electron chi connectivity index (χ2n) is 7.55. The van der Waals surface area contributed by atoms with Crippen molar-refractivity contribution in [3.63, 3.8) is 0 Å². The third-order valence-electron chi connectivity index (χ3n) is 5.02. The van der Waals surface area contributed by atoms with Crippen LogP contribution in [0.1, 0.15) is 128 Å². The molecule has 0 radical (unpaired) electrons. The number of alkyl halides is 1. The minimum atomic E-state index is -0.655. The number of rotatable bonds is 21. The number of aliphatic carboxylic acids is 1. The number of hydrogen-bond acceptors (Lipinski definition) is 1. The quantitative estimate of drug-likeness (QED) is 0.163. The average Bonchev–Trinajstić information content (AvgIpc) is 2.60. The third-order valence-corrected chi connectivity index (χ3v) is 5.29. The van der Waals surface area contributed by atoms with Gasteiger partial charge in [0.2, 0.25) is 0 Å². The minimum absolute atomic E-state index is 0.342. The van der Waals surface area contributed by atoms with Crippen molar-refractivity contribution in [1.29, 1.82) is 0 Å². The summed E-state index contributed by atoms with van der Waals surface area (Å²) in [6.45, 7) is 0. The average molecular weight is 375 g/mol. The van der Waals surface area contributed by atoms with E-state index in [0.29, 0.717) is 6.42 Å². The molecule has 0 aromatic carbocycles. The molecule has 25 heavy (non-hydrogen) atoms. The highest BCUT2D eigenvalue weighted by molar-refractivity contribution is 6.17. The summed E-state index contributed by atoms with van der Waals surface area (Å²) in [5, 5.41) is 8.56. The van der Waals surface area contributed by atoms with Crippen molar-refractivity contribution >= 4 is 17.6 Å². The van der Waals surface area contributed by atoms with E-state index in [-0.39, 0.29) is 0 Å². The van der Waals surface area contributed by atoms with Gasteiger partial charge in [0, 0.05) is 12.3 Å². The summed E-state index contributed by atoms with van der Waals surface area (Å²) in [6.07, 6.45) is 25.5. The first kappa shape index (κ1) is 24.8. The molecule has 1 N–H and O–H groups in total. The fraction of sp³-hybridized carbons (Fsp3) is 0.955. The van der Waals surface area contributed by atoms with Crippen molar-refractivity contribution in [3.8, 4) is 0 Å². The number of halogens is 1. The Morgan fingerprint density at radius 2 is 0.720 bits per heavy atom. The van der Waals surface area contributed by atoms with Gasteiger partial charge in [0.15, 0.2) is 0 Å². The van der Waals surface area contributed by atoms with Crippen molar-refractivity contribution in [2.75, 3.05) is 5.88 Å². The maximum Gasteiger partial charge on any atom is 0.303 e. The van der Waals surface area contributed by atoms with E-state index < -0.39 is 5.97 Å². The number of unbranched alkanes of at least 4 members (excludes halogenated alkanes) is 18. The van der Waals surface area contributed by atoms with Gasteiger partial charge in [0.05, 0.1) is 0 Å². The lowest BCUT2D eigenvalue weighted by Gasteiger charge is -2.04. The Balaban J connectivity index is 2.97. The molecule has 2 nitrogen and oxygen atoms in total. The molecule has 0 amide bonds. The van der Waals surface area contributed by atoms with Gasteiger partial charge in [-0.2, -0.15) is 0 Å². The molecule has 0 aliphatic rings. The van der Waals surface area contributed by atoms with Crippen LogP contribution >= 0.6 is 11.6 Å². The molecule has 0 unspecified atom stereocenters. The van der Waals surface area contributed by atoms with Gasteiger partial charge in [0.1, 0.15) is 0 Å². The molecule has 0 spiro atoms. The molecule has 0 aliphatic heterocycles. The maximum atomic E-state index is 10.4. The van der Waals surface area contributed by atoms with Crippen molar-refractivity contribution in [1.82, 2.24) is 0 Å². The van der Waals surface area contributed by atoms with Gasteiger partial charge in [-0.1, -0.05) is 109 Å². The minimum Gasteiger partial charge on any atom is -0.481 e. The van der Waals surface area contributed by atoms with Gasteiger partial charge in [0.25, 0.3) is 0 Å². The second-order valence-corrected chi connectivity index (χ2v) is 7.93. The van der Waals surface area contributed by atoms with Crippen LogP contribution in [0.15, 0.2) is 0 Å². The van der Waals surface area contributed by atoms with Gasteiger partial charge < -0.3 is 5.11 Å². The van der Waals surface area contributed by atoms with Gasteiger partial charge >= 0.3 is 5.97 Å².